The van der Waals surface area contributed by atoms with E-state index < -0.39 is 8.07 Å². The number of H-pyrrole nitrogens is 2. The molecule has 0 spiro atoms. The van der Waals surface area contributed by atoms with Crippen LogP contribution < -0.4 is 5.19 Å². The number of hydrogen-bond acceptors (Lipinski definition) is 0. The summed E-state index contributed by atoms with van der Waals surface area (Å²) in [4.78, 5) is 7.03. The molecule has 3 aromatic rings. The lowest BCUT2D eigenvalue weighted by Gasteiger charge is -2.40. The molecule has 0 fully saturated rings. The Bertz CT molecular complexity index is 896. The Morgan fingerprint density at radius 2 is 1.39 bits per heavy atom. The van der Waals surface area contributed by atoms with E-state index in [0.29, 0.717) is 0 Å². The van der Waals surface area contributed by atoms with Gasteiger partial charge in [0.05, 0.1) is 13.2 Å². The van der Waals surface area contributed by atoms with E-state index in [0.717, 1.165) is 6.16 Å². The van der Waals surface area contributed by atoms with Crippen LogP contribution in [0.2, 0.25) is 19.6 Å². The molecule has 150 valence electrons. The van der Waals surface area contributed by atoms with Gasteiger partial charge in [0.25, 0.3) is 0 Å². The quantitative estimate of drug-likeness (QED) is 0.384. The first-order valence-electron chi connectivity index (χ1n) is 9.95. The molecule has 2 N–H and O–H groups in total. The van der Waals surface area contributed by atoms with Gasteiger partial charge < -0.3 is 9.97 Å². The van der Waals surface area contributed by atoms with Gasteiger partial charge in [-0.25, -0.2) is 0 Å². The first kappa shape index (κ1) is 21.6. The van der Waals surface area contributed by atoms with Crippen LogP contribution >= 0.6 is 18.5 Å². The lowest BCUT2D eigenvalue weighted by Crippen LogP contribution is -2.45. The lowest BCUT2D eigenvalue weighted by atomic mass is 9.75. The molecule has 1 aromatic carbocycles. The number of nitrogens with one attached hydrogen (secondary N) is 2. The van der Waals surface area contributed by atoms with Crippen molar-refractivity contribution >= 4 is 31.7 Å². The topological polar surface area (TPSA) is 31.6 Å². The van der Waals surface area contributed by atoms with Gasteiger partial charge in [-0.2, -0.15) is 0 Å². The molecule has 0 radical (unpaired) electrons. The zero-order valence-electron chi connectivity index (χ0n) is 18.0. The molecule has 2 aromatic heterocycles. The van der Waals surface area contributed by atoms with Gasteiger partial charge in [-0.05, 0) is 52.5 Å². The molecule has 0 bridgehead atoms. The fourth-order valence-electron chi connectivity index (χ4n) is 4.24. The van der Waals surface area contributed by atoms with Gasteiger partial charge in [0.2, 0.25) is 0 Å². The lowest BCUT2D eigenvalue weighted by molar-refractivity contribution is 0.578. The van der Waals surface area contributed by atoms with Gasteiger partial charge in [-0.1, -0.05) is 57.7 Å². The van der Waals surface area contributed by atoms with Crippen molar-refractivity contribution in [1.29, 1.82) is 0 Å². The highest BCUT2D eigenvalue weighted by Crippen LogP contribution is 2.49. The molecule has 2 unspecified atom stereocenters. The molecule has 28 heavy (non-hydrogen) atoms. The van der Waals surface area contributed by atoms with Gasteiger partial charge in [0.15, 0.2) is 0 Å². The number of aromatic nitrogens is 2. The van der Waals surface area contributed by atoms with Gasteiger partial charge in [-0.3, -0.25) is 0 Å². The van der Waals surface area contributed by atoms with Crippen LogP contribution in [0.1, 0.15) is 48.8 Å². The second-order valence-corrected chi connectivity index (χ2v) is 16.0. The van der Waals surface area contributed by atoms with Crippen LogP contribution in [0.25, 0.3) is 0 Å². The first-order valence-corrected chi connectivity index (χ1v) is 14.8. The van der Waals surface area contributed by atoms with E-state index in [-0.39, 0.29) is 10.6 Å². The zero-order valence-corrected chi connectivity index (χ0v) is 21.3. The molecule has 2 heterocycles. The molecule has 0 amide bonds. The summed E-state index contributed by atoms with van der Waals surface area (Å²) in [5, 5.41) is 1.21. The largest absolute Gasteiger partial charge is 0.364 e. The van der Waals surface area contributed by atoms with Crippen LogP contribution in [-0.2, 0) is 16.7 Å². The summed E-state index contributed by atoms with van der Waals surface area (Å²) in [5.74, 6) is 0. The number of hydrogen-bond donors (Lipinski definition) is 2. The van der Waals surface area contributed by atoms with Crippen molar-refractivity contribution in [1.82, 2.24) is 9.97 Å². The second kappa shape index (κ2) is 7.60. The first-order chi connectivity index (χ1) is 13.0. The summed E-state index contributed by atoms with van der Waals surface area (Å²) < 4.78 is 0. The van der Waals surface area contributed by atoms with Crippen LogP contribution in [0, 0.1) is 0 Å². The van der Waals surface area contributed by atoms with E-state index in [1.165, 1.54) is 28.1 Å². The highest BCUT2D eigenvalue weighted by atomic mass is 31.0. The maximum Gasteiger partial charge on any atom is 0.0894 e. The predicted molar refractivity (Wildman–Crippen MR) is 133 cm³/mol. The van der Waals surface area contributed by atoms with Crippen molar-refractivity contribution in [3.63, 3.8) is 0 Å². The molecule has 0 saturated heterocycles. The molecule has 0 aliphatic rings. The molecular weight excluding hydrogens is 394 g/mol. The van der Waals surface area contributed by atoms with Crippen molar-refractivity contribution in [2.75, 3.05) is 0 Å². The molecular formula is C23H34N2P2Si. The Morgan fingerprint density at radius 3 is 1.75 bits per heavy atom. The number of benzene rings is 1. The zero-order chi connectivity index (χ0) is 20.7. The van der Waals surface area contributed by atoms with E-state index in [1.807, 2.05) is 12.4 Å². The smallest absolute Gasteiger partial charge is 0.0894 e. The minimum absolute atomic E-state index is 0.0435. The molecule has 2 atom stereocenters. The summed E-state index contributed by atoms with van der Waals surface area (Å²) in [6.45, 7) is 14.4. The van der Waals surface area contributed by atoms with E-state index in [9.17, 15) is 0 Å². The summed E-state index contributed by atoms with van der Waals surface area (Å²) in [6, 6.07) is 13.4. The van der Waals surface area contributed by atoms with E-state index >= 15 is 0 Å². The van der Waals surface area contributed by atoms with E-state index in [4.69, 9.17) is 0 Å². The van der Waals surface area contributed by atoms with Crippen LogP contribution in [0.5, 0.6) is 0 Å². The third-order valence-electron chi connectivity index (χ3n) is 5.51. The molecule has 2 nitrogen and oxygen atoms in total. The fourth-order valence-corrected chi connectivity index (χ4v) is 7.10. The van der Waals surface area contributed by atoms with E-state index in [1.54, 1.807) is 5.19 Å². The van der Waals surface area contributed by atoms with Gasteiger partial charge in [0, 0.05) is 23.8 Å². The van der Waals surface area contributed by atoms with Crippen molar-refractivity contribution in [3.05, 3.63) is 76.9 Å². The fraction of sp³-hybridized carbons (Fsp3) is 0.391. The molecule has 3 rings (SSSR count). The highest BCUT2D eigenvalue weighted by molar-refractivity contribution is 7.19. The van der Waals surface area contributed by atoms with Crippen molar-refractivity contribution in [2.45, 2.75) is 57.1 Å². The van der Waals surface area contributed by atoms with Crippen LogP contribution in [0.15, 0.2) is 48.8 Å². The van der Waals surface area contributed by atoms with Gasteiger partial charge in [0.1, 0.15) is 0 Å². The highest BCUT2D eigenvalue weighted by Gasteiger charge is 2.41. The van der Waals surface area contributed by atoms with Crippen LogP contribution in [-0.4, -0.2) is 18.0 Å². The van der Waals surface area contributed by atoms with Gasteiger partial charge >= 0.3 is 0 Å². The molecule has 0 saturated carbocycles. The monoisotopic (exact) mass is 428 g/mol. The molecule has 0 aliphatic carbocycles. The molecule has 0 aliphatic heterocycles. The third-order valence-corrected chi connectivity index (χ3v) is 8.89. The number of aromatic amines is 2. The maximum atomic E-state index is 3.52. The number of rotatable bonds is 5. The van der Waals surface area contributed by atoms with Crippen LogP contribution in [0.3, 0.4) is 0 Å². The van der Waals surface area contributed by atoms with E-state index in [2.05, 4.69) is 105 Å². The SMILES string of the molecule is CC(C)(C)c1c([Si](C)(C)C)ccc(CP)c1C(P)(c1ccc[nH]1)c1ccc[nH]1. The summed E-state index contributed by atoms with van der Waals surface area (Å²) in [6.07, 6.45) is 4.98. The Hall–Kier alpha value is -1.14. The summed E-state index contributed by atoms with van der Waals surface area (Å²) >= 11 is 0. The predicted octanol–water partition coefficient (Wildman–Crippen LogP) is 5.73. The average molecular weight is 429 g/mol. The Morgan fingerprint density at radius 1 is 0.857 bits per heavy atom. The minimum atomic E-state index is -1.54. The molecule has 5 heteroatoms. The van der Waals surface area contributed by atoms with Crippen molar-refractivity contribution in [3.8, 4) is 0 Å². The van der Waals surface area contributed by atoms with Crippen LogP contribution in [0.4, 0.5) is 0 Å². The minimum Gasteiger partial charge on any atom is -0.364 e. The van der Waals surface area contributed by atoms with Gasteiger partial charge in [-0.15, -0.1) is 18.5 Å². The maximum absolute atomic E-state index is 3.52. The Labute approximate surface area is 175 Å². The standard InChI is InChI=1S/C23H34N2P2Si/c1-22(2,3)21-17(28(4,5)6)12-11-16(15-26)20(21)23(27,18-9-7-13-24-18)19-10-8-14-25-19/h7-14,24-25H,15,26-27H2,1-6H3. The van der Waals surface area contributed by atoms with Crippen molar-refractivity contribution in [2.24, 2.45) is 0 Å². The van der Waals surface area contributed by atoms with Crippen molar-refractivity contribution < 1.29 is 0 Å². The Balaban J connectivity index is 2.51. The summed E-state index contributed by atoms with van der Waals surface area (Å²) in [5.41, 5.74) is 6.74. The third kappa shape index (κ3) is 3.70. The summed E-state index contributed by atoms with van der Waals surface area (Å²) in [7, 11) is 4.61. The Kier molecular flexibility index (Phi) is 5.85. The average Bonchev–Trinajstić information content (AvgIpc) is 3.31. The normalized spacial score (nSPS) is 13.1. The second-order valence-electron chi connectivity index (χ2n) is 9.70.